The van der Waals surface area contributed by atoms with E-state index in [0.717, 1.165) is 42.4 Å². The van der Waals surface area contributed by atoms with Crippen LogP contribution >= 0.6 is 22.9 Å². The molecule has 1 amide bonds. The highest BCUT2D eigenvalue weighted by atomic mass is 35.5. The van der Waals surface area contributed by atoms with Gasteiger partial charge >= 0.3 is 5.97 Å². The zero-order valence-corrected chi connectivity index (χ0v) is 21.3. The van der Waals surface area contributed by atoms with Crippen molar-refractivity contribution in [2.45, 2.75) is 38.5 Å². The Morgan fingerprint density at radius 3 is 2.66 bits per heavy atom. The molecular formula is C26H28ClN3O4S. The lowest BCUT2D eigenvalue weighted by Gasteiger charge is -2.23. The van der Waals surface area contributed by atoms with Crippen molar-refractivity contribution >= 4 is 39.9 Å². The number of carbonyl (C=O) groups excluding carboxylic acids is 1. The molecule has 0 spiro atoms. The molecule has 1 aromatic carbocycles. The lowest BCUT2D eigenvalue weighted by atomic mass is 9.90. The van der Waals surface area contributed by atoms with E-state index in [1.54, 1.807) is 26.4 Å². The predicted molar refractivity (Wildman–Crippen MR) is 138 cm³/mol. The lowest BCUT2D eigenvalue weighted by Crippen LogP contribution is -2.35. The molecule has 1 aliphatic rings. The fraction of sp³-hybridized carbons (Fsp3) is 0.385. The second-order valence-electron chi connectivity index (χ2n) is 8.87. The third-order valence-electron chi connectivity index (χ3n) is 6.49. The number of anilines is 1. The van der Waals surface area contributed by atoms with Crippen LogP contribution in [0, 0.1) is 11.8 Å². The van der Waals surface area contributed by atoms with E-state index in [0.29, 0.717) is 34.1 Å². The van der Waals surface area contributed by atoms with Crippen molar-refractivity contribution in [2.75, 3.05) is 19.1 Å². The fourth-order valence-corrected chi connectivity index (χ4v) is 5.65. The first-order valence-corrected chi connectivity index (χ1v) is 12.9. The number of ether oxygens (including phenoxy) is 1. The first kappa shape index (κ1) is 25.1. The summed E-state index contributed by atoms with van der Waals surface area (Å²) in [6.45, 7) is 0. The molecule has 0 saturated heterocycles. The number of aliphatic carboxylic acids is 1. The van der Waals surface area contributed by atoms with Crippen molar-refractivity contribution in [3.8, 4) is 28.3 Å². The number of methoxy groups -OCH3 is 1. The highest BCUT2D eigenvalue weighted by Crippen LogP contribution is 2.37. The van der Waals surface area contributed by atoms with Crippen LogP contribution in [0.3, 0.4) is 0 Å². The number of hydrogen-bond acceptors (Lipinski definition) is 6. The first-order chi connectivity index (χ1) is 16.9. The van der Waals surface area contributed by atoms with Crippen molar-refractivity contribution in [1.29, 1.82) is 0 Å². The van der Waals surface area contributed by atoms with Crippen LogP contribution in [0.25, 0.3) is 22.4 Å². The lowest BCUT2D eigenvalue weighted by molar-refractivity contribution is -0.140. The van der Waals surface area contributed by atoms with Gasteiger partial charge in [-0.3, -0.25) is 14.5 Å². The minimum Gasteiger partial charge on any atom is -0.481 e. The second-order valence-corrected chi connectivity index (χ2v) is 10.1. The molecule has 2 heterocycles. The molecule has 0 aliphatic heterocycles. The molecule has 1 atom stereocenters. The average Bonchev–Trinajstić information content (AvgIpc) is 3.55. The van der Waals surface area contributed by atoms with E-state index in [4.69, 9.17) is 21.3 Å². The molecule has 2 aromatic heterocycles. The molecule has 1 unspecified atom stereocenters. The quantitative estimate of drug-likeness (QED) is 0.368. The van der Waals surface area contributed by atoms with Crippen LogP contribution in [0.15, 0.2) is 41.9 Å². The second kappa shape index (κ2) is 11.2. The van der Waals surface area contributed by atoms with E-state index in [2.05, 4.69) is 4.98 Å². The monoisotopic (exact) mass is 513 g/mol. The van der Waals surface area contributed by atoms with Gasteiger partial charge in [0.25, 0.3) is 0 Å². The van der Waals surface area contributed by atoms with Crippen molar-refractivity contribution in [2.24, 2.45) is 11.8 Å². The third kappa shape index (κ3) is 6.00. The molecule has 0 bridgehead atoms. The van der Waals surface area contributed by atoms with Gasteiger partial charge in [0.15, 0.2) is 5.13 Å². The van der Waals surface area contributed by atoms with E-state index in [1.165, 1.54) is 16.2 Å². The van der Waals surface area contributed by atoms with Crippen LogP contribution in [-0.2, 0) is 9.59 Å². The van der Waals surface area contributed by atoms with Gasteiger partial charge in [-0.1, -0.05) is 43.4 Å². The minimum atomic E-state index is -0.953. The summed E-state index contributed by atoms with van der Waals surface area (Å²) in [6.07, 6.45) is 6.59. The van der Waals surface area contributed by atoms with Gasteiger partial charge in [0.05, 0.1) is 19.2 Å². The van der Waals surface area contributed by atoms with Gasteiger partial charge in [0, 0.05) is 46.8 Å². The zero-order valence-electron chi connectivity index (χ0n) is 19.7. The summed E-state index contributed by atoms with van der Waals surface area (Å²) in [6, 6.07) is 9.28. The Bertz CT molecular complexity index is 1190. The average molecular weight is 514 g/mol. The number of carboxylic acids is 1. The highest BCUT2D eigenvalue weighted by molar-refractivity contribution is 7.14. The number of nitrogens with zero attached hydrogens (tertiary/aromatic N) is 3. The van der Waals surface area contributed by atoms with E-state index in [-0.39, 0.29) is 12.3 Å². The highest BCUT2D eigenvalue weighted by Gasteiger charge is 2.30. The number of pyridine rings is 1. The Morgan fingerprint density at radius 2 is 2.00 bits per heavy atom. The Balaban J connectivity index is 1.59. The molecule has 9 heteroatoms. The number of aromatic nitrogens is 2. The van der Waals surface area contributed by atoms with Crippen LogP contribution in [0.5, 0.6) is 5.88 Å². The number of carboxylic acid groups (broad SMARTS) is 1. The van der Waals surface area contributed by atoms with Gasteiger partial charge in [-0.25, -0.2) is 9.97 Å². The standard InChI is InChI=1S/C26H28ClN3O4S/c1-30(25(33)18(12-24(31)32)11-16-5-3-4-6-16)26-29-22(15-35-26)21-13-19(27)8-9-20(21)17-7-10-23(34-2)28-14-17/h7-10,13-16,18H,3-6,11-12H2,1-2H3,(H,31,32). The van der Waals surface area contributed by atoms with E-state index in [9.17, 15) is 14.7 Å². The van der Waals surface area contributed by atoms with Gasteiger partial charge in [-0.05, 0) is 36.1 Å². The summed E-state index contributed by atoms with van der Waals surface area (Å²) in [5, 5.41) is 12.4. The summed E-state index contributed by atoms with van der Waals surface area (Å²) in [5.74, 6) is -0.776. The maximum absolute atomic E-state index is 13.3. The van der Waals surface area contributed by atoms with E-state index < -0.39 is 11.9 Å². The van der Waals surface area contributed by atoms with Gasteiger partial charge in [0.1, 0.15) is 0 Å². The summed E-state index contributed by atoms with van der Waals surface area (Å²) >= 11 is 7.66. The molecule has 1 saturated carbocycles. The molecule has 7 nitrogen and oxygen atoms in total. The SMILES string of the molecule is COc1ccc(-c2ccc(Cl)cc2-c2csc(N(C)C(=O)C(CC(=O)O)CC3CCCC3)n2)cn1. The molecule has 35 heavy (non-hydrogen) atoms. The minimum absolute atomic E-state index is 0.166. The molecule has 1 fully saturated rings. The predicted octanol–water partition coefficient (Wildman–Crippen LogP) is 6.17. The van der Waals surface area contributed by atoms with E-state index in [1.807, 2.05) is 29.6 Å². The van der Waals surface area contributed by atoms with Crippen LogP contribution in [-0.4, -0.2) is 41.1 Å². The first-order valence-electron chi connectivity index (χ1n) is 11.6. The van der Waals surface area contributed by atoms with Gasteiger partial charge in [0.2, 0.25) is 11.8 Å². The number of rotatable bonds is 9. The zero-order chi connectivity index (χ0) is 24.9. The normalized spacial score (nSPS) is 14.6. The molecule has 4 rings (SSSR count). The van der Waals surface area contributed by atoms with Crippen LogP contribution in [0.1, 0.15) is 38.5 Å². The summed E-state index contributed by atoms with van der Waals surface area (Å²) in [7, 11) is 3.24. The topological polar surface area (TPSA) is 92.6 Å². The number of benzene rings is 1. The third-order valence-corrected chi connectivity index (χ3v) is 7.64. The number of hydrogen-bond donors (Lipinski definition) is 1. The maximum Gasteiger partial charge on any atom is 0.304 e. The van der Waals surface area contributed by atoms with Crippen LogP contribution in [0.2, 0.25) is 5.02 Å². The van der Waals surface area contributed by atoms with Gasteiger partial charge in [-0.2, -0.15) is 0 Å². The molecule has 1 aliphatic carbocycles. The smallest absolute Gasteiger partial charge is 0.304 e. The molecule has 1 N–H and O–H groups in total. The number of carbonyl (C=O) groups is 2. The van der Waals surface area contributed by atoms with Crippen molar-refractivity contribution in [1.82, 2.24) is 9.97 Å². The van der Waals surface area contributed by atoms with Crippen molar-refractivity contribution < 1.29 is 19.4 Å². The molecule has 0 radical (unpaired) electrons. The van der Waals surface area contributed by atoms with E-state index >= 15 is 0 Å². The maximum atomic E-state index is 13.3. The molecule has 3 aromatic rings. The Labute approximate surface area is 213 Å². The van der Waals surface area contributed by atoms with Crippen molar-refractivity contribution in [3.05, 3.63) is 46.9 Å². The fourth-order valence-electron chi connectivity index (χ4n) is 4.68. The summed E-state index contributed by atoms with van der Waals surface area (Å²) in [5.41, 5.74) is 3.29. The summed E-state index contributed by atoms with van der Waals surface area (Å²) in [4.78, 5) is 35.3. The van der Waals surface area contributed by atoms with Crippen molar-refractivity contribution in [3.63, 3.8) is 0 Å². The Morgan fingerprint density at radius 1 is 1.23 bits per heavy atom. The molecule has 184 valence electrons. The van der Waals surface area contributed by atoms with Gasteiger partial charge in [-0.15, -0.1) is 11.3 Å². The number of halogens is 1. The summed E-state index contributed by atoms with van der Waals surface area (Å²) < 4.78 is 5.16. The van der Waals surface area contributed by atoms with Gasteiger partial charge < -0.3 is 9.84 Å². The Kier molecular flexibility index (Phi) is 8.03. The number of thiazole rings is 1. The van der Waals surface area contributed by atoms with Crippen LogP contribution < -0.4 is 9.64 Å². The largest absolute Gasteiger partial charge is 0.481 e. The molecular weight excluding hydrogens is 486 g/mol. The van der Waals surface area contributed by atoms with Crippen LogP contribution in [0.4, 0.5) is 5.13 Å². The Hall–Kier alpha value is -2.97. The number of amides is 1.